The molecule has 0 fully saturated rings. The molecule has 0 heterocycles. The zero-order valence-corrected chi connectivity index (χ0v) is 57.7. The summed E-state index contributed by atoms with van der Waals surface area (Å²) in [5.41, 5.74) is 0. The molecular weight excluding hydrogens is 1120 g/mol. The van der Waals surface area contributed by atoms with Crippen LogP contribution in [0.25, 0.3) is 0 Å². The number of carbonyl (C=O) groups is 6. The second kappa shape index (κ2) is 66.3. The van der Waals surface area contributed by atoms with Gasteiger partial charge in [0.05, 0.1) is 6.54 Å². The van der Waals surface area contributed by atoms with E-state index in [4.69, 9.17) is 0 Å². The van der Waals surface area contributed by atoms with E-state index in [0.29, 0.717) is 83.4 Å². The summed E-state index contributed by atoms with van der Waals surface area (Å²) in [6.45, 7) is 8.71. The predicted octanol–water partition coefficient (Wildman–Crippen LogP) is 16.4. The molecule has 0 saturated carbocycles. The fraction of sp³-hybridized carbons (Fsp3) is 0.750. The van der Waals surface area contributed by atoms with Crippen LogP contribution in [-0.2, 0) is 28.8 Å². The molecule has 0 aliphatic carbocycles. The highest BCUT2D eigenvalue weighted by Gasteiger charge is 2.27. The van der Waals surface area contributed by atoms with Crippen LogP contribution in [0, 0.1) is 0 Å². The van der Waals surface area contributed by atoms with Crippen LogP contribution in [-0.4, -0.2) is 111 Å². The van der Waals surface area contributed by atoms with Gasteiger partial charge in [-0.3, -0.25) is 28.8 Å². The Morgan fingerprint density at radius 1 is 0.333 bits per heavy atom. The first-order valence-electron chi connectivity index (χ1n) is 35.0. The van der Waals surface area contributed by atoms with Crippen LogP contribution in [0.3, 0.4) is 0 Å². The molecule has 0 aromatic rings. The molecule has 0 aliphatic heterocycles. The lowest BCUT2D eigenvalue weighted by atomic mass is 10.1. The van der Waals surface area contributed by atoms with Gasteiger partial charge in [-0.25, -0.2) is 0 Å². The normalized spacial score (nSPS) is 12.6. The molecule has 0 bridgehead atoms. The van der Waals surface area contributed by atoms with Crippen LogP contribution in [0.1, 0.15) is 278 Å². The van der Waals surface area contributed by atoms with E-state index in [9.17, 15) is 28.8 Å². The van der Waals surface area contributed by atoms with Gasteiger partial charge in [-0.2, -0.15) is 0 Å². The number of amides is 6. The maximum atomic E-state index is 14.2. The Hall–Kier alpha value is -4.08. The van der Waals surface area contributed by atoms with Crippen LogP contribution >= 0.6 is 21.6 Å². The summed E-state index contributed by atoms with van der Waals surface area (Å²) in [5.74, 6) is 0.343. The molecule has 0 aromatic heterocycles. The van der Waals surface area contributed by atoms with Gasteiger partial charge < -0.3 is 36.8 Å². The number of likely N-dealkylation sites (N-methyl/N-ethyl adjacent to an activating group) is 1. The molecule has 2 unspecified atom stereocenters. The van der Waals surface area contributed by atoms with Gasteiger partial charge in [-0.05, 0) is 155 Å². The van der Waals surface area contributed by atoms with Crippen molar-refractivity contribution < 1.29 is 28.8 Å². The molecule has 15 heteroatoms. The predicted molar refractivity (Wildman–Crippen MR) is 376 cm³/mol. The van der Waals surface area contributed by atoms with Crippen molar-refractivity contribution in [3.63, 3.8) is 0 Å². The summed E-state index contributed by atoms with van der Waals surface area (Å²) >= 11 is 0. The average molecular weight is 1250 g/mol. The van der Waals surface area contributed by atoms with Crippen molar-refractivity contribution in [3.05, 3.63) is 72.9 Å². The van der Waals surface area contributed by atoms with Crippen molar-refractivity contribution in [3.8, 4) is 0 Å². The third kappa shape index (κ3) is 61.9. The summed E-state index contributed by atoms with van der Waals surface area (Å²) < 4.78 is 0. The number of rotatable bonds is 63. The van der Waals surface area contributed by atoms with Crippen LogP contribution in [0.15, 0.2) is 72.9 Å². The van der Waals surface area contributed by atoms with E-state index in [-0.39, 0.29) is 29.5 Å². The number of carbonyl (C=O) groups excluding carboxylic acids is 6. The van der Waals surface area contributed by atoms with Crippen molar-refractivity contribution in [2.24, 2.45) is 0 Å². The molecule has 2 atom stereocenters. The molecule has 500 valence electrons. The lowest BCUT2D eigenvalue weighted by molar-refractivity contribution is -0.132. The molecule has 6 amide bonds. The quantitative estimate of drug-likeness (QED) is 0.0196. The Kier molecular flexibility index (Phi) is 63.2. The van der Waals surface area contributed by atoms with E-state index in [0.717, 1.165) is 147 Å². The smallest absolute Gasteiger partial charge is 0.243 e. The van der Waals surface area contributed by atoms with E-state index in [1.807, 2.05) is 19.0 Å². The summed E-state index contributed by atoms with van der Waals surface area (Å²) in [5, 5.41) is 17.9. The van der Waals surface area contributed by atoms with Gasteiger partial charge >= 0.3 is 0 Å². The summed E-state index contributed by atoms with van der Waals surface area (Å²) in [4.78, 5) is 81.1. The number of unbranched alkanes of at least 4 members (excludes halogenated alkanes) is 24. The number of hydrogen-bond acceptors (Lipinski definition) is 9. The topological polar surface area (TPSA) is 178 Å². The molecular formula is C72H129N7O6S2. The Balaban J connectivity index is 5.45. The van der Waals surface area contributed by atoms with Crippen LogP contribution in [0.2, 0.25) is 0 Å². The summed E-state index contributed by atoms with van der Waals surface area (Å²) in [7, 11) is 6.93. The Morgan fingerprint density at radius 3 is 1.03 bits per heavy atom. The molecule has 0 saturated heterocycles. The average Bonchev–Trinajstić information content (AvgIpc) is 3.66. The summed E-state index contributed by atoms with van der Waals surface area (Å²) in [6, 6.07) is -1.77. The first-order valence-corrected chi connectivity index (χ1v) is 37.5. The molecule has 0 spiro atoms. The van der Waals surface area contributed by atoms with E-state index in [2.05, 4.69) is 126 Å². The van der Waals surface area contributed by atoms with Gasteiger partial charge in [0, 0.05) is 56.9 Å². The molecule has 0 aromatic carbocycles. The van der Waals surface area contributed by atoms with Gasteiger partial charge in [0.2, 0.25) is 35.4 Å². The lowest BCUT2D eigenvalue weighted by Gasteiger charge is -2.23. The third-order valence-corrected chi connectivity index (χ3v) is 17.3. The largest absolute Gasteiger partial charge is 0.356 e. The maximum Gasteiger partial charge on any atom is 0.243 e. The third-order valence-electron chi connectivity index (χ3n) is 14.9. The molecule has 87 heavy (non-hydrogen) atoms. The number of hydrogen-bond donors (Lipinski definition) is 6. The van der Waals surface area contributed by atoms with Gasteiger partial charge in [0.25, 0.3) is 0 Å². The van der Waals surface area contributed by atoms with E-state index < -0.39 is 18.0 Å². The maximum absolute atomic E-state index is 14.2. The Morgan fingerprint density at radius 2 is 0.655 bits per heavy atom. The van der Waals surface area contributed by atoms with Crippen LogP contribution < -0.4 is 31.9 Å². The van der Waals surface area contributed by atoms with Gasteiger partial charge in [-0.1, -0.05) is 212 Å². The number of nitrogens with one attached hydrogen (secondary N) is 6. The lowest BCUT2D eigenvalue weighted by Crippen LogP contribution is -2.54. The molecule has 6 N–H and O–H groups in total. The SMILES string of the molecule is CCCCC/C=C\C/C=C\CCCCCCCC(=O)NCCCC(NC(=O)CCCCCCC/C=C\C/C=C\CCCCC)C(=O)NC(CCCNC(=O)CCCCCCC/C=C\C/C=C\CCCCC)C(=O)NCCSSCCNC(=O)CN(C)C. The number of nitrogens with zero attached hydrogens (tertiary/aromatic N) is 1. The Bertz CT molecular complexity index is 1850. The molecule has 0 radical (unpaired) electrons. The van der Waals surface area contributed by atoms with Gasteiger partial charge in [-0.15, -0.1) is 0 Å². The van der Waals surface area contributed by atoms with E-state index in [1.54, 1.807) is 21.6 Å². The Labute approximate surface area is 540 Å². The van der Waals surface area contributed by atoms with Crippen molar-refractivity contribution in [2.75, 3.05) is 58.3 Å². The van der Waals surface area contributed by atoms with Crippen molar-refractivity contribution in [1.29, 1.82) is 0 Å². The van der Waals surface area contributed by atoms with Crippen molar-refractivity contribution >= 4 is 57.0 Å². The zero-order chi connectivity index (χ0) is 63.6. The fourth-order valence-electron chi connectivity index (χ4n) is 9.64. The second-order valence-corrected chi connectivity index (χ2v) is 26.3. The first-order chi connectivity index (χ1) is 42.5. The highest BCUT2D eigenvalue weighted by Crippen LogP contribution is 2.19. The molecule has 0 aliphatic rings. The van der Waals surface area contributed by atoms with E-state index in [1.165, 1.54) is 70.6 Å². The molecule has 0 rings (SSSR count). The molecule has 13 nitrogen and oxygen atoms in total. The van der Waals surface area contributed by atoms with Gasteiger partial charge in [0.1, 0.15) is 12.1 Å². The fourth-order valence-corrected chi connectivity index (χ4v) is 11.5. The minimum absolute atomic E-state index is 0.00904. The van der Waals surface area contributed by atoms with Crippen LogP contribution in [0.5, 0.6) is 0 Å². The standard InChI is InChI=1S/C72H129N7O6S2/c1-6-9-12-15-18-21-24-27-30-33-36-39-42-45-48-55-67(80)73-58-51-53-65(71(84)76-61-63-87-86-62-60-75-70(83)64-79(4)5)78-72(85)66(77-69(82)57-50-47-44-41-38-35-32-29-26-23-20-17-14-11-8-3)54-52-59-74-68(81)56-49-46-43-40-37-34-31-28-25-22-19-16-13-10-7-2/h18-23,27-32,65-66H,6-17,24-26,33-64H2,1-5H3,(H,73,80)(H,74,81)(H,75,83)(H,76,84)(H,77,82)(H,78,85)/b21-18-,22-19-,23-20-,30-27-,31-28-,32-29-. The number of allylic oxidation sites excluding steroid dienone is 12. The van der Waals surface area contributed by atoms with Crippen molar-refractivity contribution in [1.82, 2.24) is 36.8 Å². The first kappa shape index (κ1) is 82.9. The zero-order valence-electron chi connectivity index (χ0n) is 56.0. The monoisotopic (exact) mass is 1250 g/mol. The minimum atomic E-state index is -0.891. The van der Waals surface area contributed by atoms with Gasteiger partial charge in [0.15, 0.2) is 0 Å². The highest BCUT2D eigenvalue weighted by atomic mass is 33.1. The van der Waals surface area contributed by atoms with Crippen LogP contribution in [0.4, 0.5) is 0 Å². The van der Waals surface area contributed by atoms with E-state index >= 15 is 0 Å². The minimum Gasteiger partial charge on any atom is -0.356 e. The highest BCUT2D eigenvalue weighted by molar-refractivity contribution is 8.76. The summed E-state index contributed by atoms with van der Waals surface area (Å²) in [6.07, 6.45) is 66.6. The second-order valence-electron chi connectivity index (χ2n) is 23.6. The van der Waals surface area contributed by atoms with Crippen molar-refractivity contribution in [2.45, 2.75) is 290 Å².